The van der Waals surface area contributed by atoms with Crippen LogP contribution < -0.4 is 11.2 Å². The molecule has 0 amide bonds. The predicted molar refractivity (Wildman–Crippen MR) is 57.5 cm³/mol. The molecule has 7 nitrogen and oxygen atoms in total. The third kappa shape index (κ3) is 2.17. The Kier molecular flexibility index (Phi) is 3.14. The smallest absolute Gasteiger partial charge is 0.330 e. The minimum Gasteiger partial charge on any atom is -0.391 e. The van der Waals surface area contributed by atoms with Crippen LogP contribution in [0.5, 0.6) is 0 Å². The largest absolute Gasteiger partial charge is 0.391 e. The summed E-state index contributed by atoms with van der Waals surface area (Å²) in [5.74, 6) is -1.06. The van der Waals surface area contributed by atoms with E-state index in [1.54, 1.807) is 0 Å². The zero-order chi connectivity index (χ0) is 12.5. The first-order valence-corrected chi connectivity index (χ1v) is 5.25. The van der Waals surface area contributed by atoms with Crippen molar-refractivity contribution in [2.24, 2.45) is 0 Å². The van der Waals surface area contributed by atoms with Crippen molar-refractivity contribution in [3.63, 3.8) is 0 Å². The molecular weight excluding hydrogens is 228 g/mol. The first-order chi connectivity index (χ1) is 8.10. The van der Waals surface area contributed by atoms with E-state index in [9.17, 15) is 14.7 Å². The molecule has 0 unspecified atom stereocenters. The van der Waals surface area contributed by atoms with Crippen molar-refractivity contribution in [3.05, 3.63) is 33.1 Å². The summed E-state index contributed by atoms with van der Waals surface area (Å²) in [5, 5.41) is 9.20. The van der Waals surface area contributed by atoms with Crippen LogP contribution in [0.3, 0.4) is 0 Å². The van der Waals surface area contributed by atoms with Crippen LogP contribution in [0.4, 0.5) is 0 Å². The summed E-state index contributed by atoms with van der Waals surface area (Å²) >= 11 is 0. The van der Waals surface area contributed by atoms with Gasteiger partial charge in [-0.05, 0) is 6.42 Å². The SMILES string of the molecule is CO[C@]1(CO)CC[C@H](n2ccc(=O)[nH]c2=O)O1. The number of nitrogens with one attached hydrogen (secondary N) is 1. The lowest BCUT2D eigenvalue weighted by Gasteiger charge is -2.25. The number of H-pyrrole nitrogens is 1. The molecule has 2 heterocycles. The number of methoxy groups -OCH3 is 1. The highest BCUT2D eigenvalue weighted by Gasteiger charge is 2.41. The molecule has 7 heteroatoms. The molecule has 1 aromatic rings. The quantitative estimate of drug-likeness (QED) is 0.722. The second-order valence-electron chi connectivity index (χ2n) is 3.90. The zero-order valence-electron chi connectivity index (χ0n) is 9.38. The molecule has 0 saturated carbocycles. The summed E-state index contributed by atoms with van der Waals surface area (Å²) in [6.45, 7) is -0.280. The van der Waals surface area contributed by atoms with Gasteiger partial charge in [-0.2, -0.15) is 0 Å². The van der Waals surface area contributed by atoms with Crippen LogP contribution in [0, 0.1) is 0 Å². The number of aliphatic hydroxyl groups excluding tert-OH is 1. The van der Waals surface area contributed by atoms with Crippen LogP contribution >= 0.6 is 0 Å². The zero-order valence-corrected chi connectivity index (χ0v) is 9.38. The van der Waals surface area contributed by atoms with Crippen LogP contribution in [-0.4, -0.2) is 34.2 Å². The number of hydrogen-bond donors (Lipinski definition) is 2. The van der Waals surface area contributed by atoms with Crippen molar-refractivity contribution >= 4 is 0 Å². The maximum absolute atomic E-state index is 11.5. The van der Waals surface area contributed by atoms with E-state index in [1.165, 1.54) is 23.9 Å². The average molecular weight is 242 g/mol. The fraction of sp³-hybridized carbons (Fsp3) is 0.600. The topological polar surface area (TPSA) is 93.5 Å². The molecular formula is C10H14N2O5. The van der Waals surface area contributed by atoms with Gasteiger partial charge in [0.2, 0.25) is 0 Å². The molecule has 0 radical (unpaired) electrons. The maximum atomic E-state index is 11.5. The molecule has 1 aliphatic rings. The summed E-state index contributed by atoms with van der Waals surface area (Å²) in [6, 6.07) is 1.25. The number of aromatic nitrogens is 2. The fourth-order valence-electron chi connectivity index (χ4n) is 1.89. The van der Waals surface area contributed by atoms with Gasteiger partial charge in [0.25, 0.3) is 5.56 Å². The second-order valence-corrected chi connectivity index (χ2v) is 3.90. The minimum atomic E-state index is -1.06. The van der Waals surface area contributed by atoms with Gasteiger partial charge in [-0.25, -0.2) is 4.79 Å². The van der Waals surface area contributed by atoms with Crippen molar-refractivity contribution in [2.45, 2.75) is 24.9 Å². The summed E-state index contributed by atoms with van der Waals surface area (Å²) in [5.41, 5.74) is -0.989. The molecule has 2 rings (SSSR count). The summed E-state index contributed by atoms with van der Waals surface area (Å²) in [4.78, 5) is 24.6. The first kappa shape index (κ1) is 12.0. The third-order valence-corrected chi connectivity index (χ3v) is 2.90. The highest BCUT2D eigenvalue weighted by Crippen LogP contribution is 2.35. The molecule has 2 N–H and O–H groups in total. The lowest BCUT2D eigenvalue weighted by molar-refractivity contribution is -0.242. The van der Waals surface area contributed by atoms with Gasteiger partial charge >= 0.3 is 5.69 Å². The van der Waals surface area contributed by atoms with E-state index >= 15 is 0 Å². The molecule has 0 aliphatic carbocycles. The van der Waals surface area contributed by atoms with Gasteiger partial charge in [-0.15, -0.1) is 0 Å². The third-order valence-electron chi connectivity index (χ3n) is 2.90. The van der Waals surface area contributed by atoms with Crippen LogP contribution in [0.25, 0.3) is 0 Å². The highest BCUT2D eigenvalue weighted by molar-refractivity contribution is 4.87. The normalized spacial score (nSPS) is 28.5. The van der Waals surface area contributed by atoms with Crippen molar-refractivity contribution in [1.82, 2.24) is 9.55 Å². The number of rotatable bonds is 3. The fourth-order valence-corrected chi connectivity index (χ4v) is 1.89. The summed E-state index contributed by atoms with van der Waals surface area (Å²) < 4.78 is 11.9. The Bertz CT molecular complexity index is 502. The Morgan fingerprint density at radius 3 is 3.00 bits per heavy atom. The lowest BCUT2D eigenvalue weighted by Crippen LogP contribution is -2.37. The molecule has 2 atom stereocenters. The lowest BCUT2D eigenvalue weighted by atomic mass is 10.2. The molecule has 94 valence electrons. The molecule has 17 heavy (non-hydrogen) atoms. The average Bonchev–Trinajstić information content (AvgIpc) is 2.74. The summed E-state index contributed by atoms with van der Waals surface area (Å²) in [6.07, 6.45) is 1.84. The minimum absolute atomic E-state index is 0.280. The van der Waals surface area contributed by atoms with E-state index in [-0.39, 0.29) is 6.61 Å². The Morgan fingerprint density at radius 2 is 2.47 bits per heavy atom. The molecule has 1 saturated heterocycles. The van der Waals surface area contributed by atoms with Gasteiger partial charge in [0.05, 0.1) is 6.61 Å². The Labute approximate surface area is 96.6 Å². The molecule has 1 fully saturated rings. The summed E-state index contributed by atoms with van der Waals surface area (Å²) in [7, 11) is 1.44. The van der Waals surface area contributed by atoms with E-state index < -0.39 is 23.3 Å². The van der Waals surface area contributed by atoms with Gasteiger partial charge < -0.3 is 14.6 Å². The van der Waals surface area contributed by atoms with Crippen molar-refractivity contribution in [1.29, 1.82) is 0 Å². The van der Waals surface area contributed by atoms with Crippen molar-refractivity contribution < 1.29 is 14.6 Å². The van der Waals surface area contributed by atoms with E-state index in [2.05, 4.69) is 4.98 Å². The highest BCUT2D eigenvalue weighted by atomic mass is 16.7. The van der Waals surface area contributed by atoms with Crippen molar-refractivity contribution in [2.75, 3.05) is 13.7 Å². The van der Waals surface area contributed by atoms with Gasteiger partial charge in [-0.1, -0.05) is 0 Å². The van der Waals surface area contributed by atoms with Crippen LogP contribution in [-0.2, 0) is 9.47 Å². The van der Waals surface area contributed by atoms with E-state index in [0.717, 1.165) is 0 Å². The maximum Gasteiger partial charge on any atom is 0.330 e. The number of ether oxygens (including phenoxy) is 2. The van der Waals surface area contributed by atoms with Crippen LogP contribution in [0.2, 0.25) is 0 Å². The molecule has 1 aliphatic heterocycles. The standard InChI is InChI=1S/C10H14N2O5/c1-16-10(6-13)4-2-8(17-10)12-5-3-7(14)11-9(12)15/h3,5,8,13H,2,4,6H2,1H3,(H,11,14,15)/t8-,10-/m1/s1. The van der Waals surface area contributed by atoms with E-state index in [0.29, 0.717) is 12.8 Å². The first-order valence-electron chi connectivity index (χ1n) is 5.25. The van der Waals surface area contributed by atoms with Gasteiger partial charge in [0.1, 0.15) is 6.23 Å². The monoisotopic (exact) mass is 242 g/mol. The second kappa shape index (κ2) is 4.44. The van der Waals surface area contributed by atoms with E-state index in [4.69, 9.17) is 9.47 Å². The van der Waals surface area contributed by atoms with Gasteiger partial charge in [-0.3, -0.25) is 14.3 Å². The van der Waals surface area contributed by atoms with E-state index in [1.807, 2.05) is 0 Å². The Hall–Kier alpha value is -1.44. The molecule has 0 bridgehead atoms. The number of hydrogen-bond acceptors (Lipinski definition) is 5. The van der Waals surface area contributed by atoms with Crippen LogP contribution in [0.1, 0.15) is 19.1 Å². The molecule has 0 aromatic carbocycles. The van der Waals surface area contributed by atoms with Gasteiger partial charge in [0, 0.05) is 25.8 Å². The number of aliphatic hydroxyl groups is 1. The number of aromatic amines is 1. The van der Waals surface area contributed by atoms with Crippen molar-refractivity contribution in [3.8, 4) is 0 Å². The van der Waals surface area contributed by atoms with Gasteiger partial charge in [0.15, 0.2) is 5.79 Å². The molecule has 0 spiro atoms. The molecule has 1 aromatic heterocycles. The van der Waals surface area contributed by atoms with Crippen LogP contribution in [0.15, 0.2) is 21.9 Å². The number of nitrogens with zero attached hydrogens (tertiary/aromatic N) is 1. The predicted octanol–water partition coefficient (Wildman–Crippen LogP) is -0.819. The Morgan fingerprint density at radius 1 is 1.71 bits per heavy atom. The Balaban J connectivity index is 2.26.